The number of rotatable bonds is 3. The van der Waals surface area contributed by atoms with Gasteiger partial charge < -0.3 is 19.9 Å². The molecule has 0 aliphatic carbocycles. The number of nitrogens with zero attached hydrogens (tertiary/aromatic N) is 4. The van der Waals surface area contributed by atoms with Gasteiger partial charge in [-0.3, -0.25) is 4.79 Å². The van der Waals surface area contributed by atoms with Crippen LogP contribution in [0.25, 0.3) is 0 Å². The van der Waals surface area contributed by atoms with Gasteiger partial charge in [-0.1, -0.05) is 0 Å². The maximum atomic E-state index is 12.9. The third-order valence-corrected chi connectivity index (χ3v) is 3.94. The minimum atomic E-state index is -0.539. The Morgan fingerprint density at radius 1 is 1.08 bits per heavy atom. The lowest BCUT2D eigenvalue weighted by Crippen LogP contribution is -2.48. The molecule has 8 heteroatoms. The van der Waals surface area contributed by atoms with Crippen molar-refractivity contribution in [3.63, 3.8) is 0 Å². The molecule has 0 saturated carbocycles. The number of hydrogen-bond acceptors (Lipinski definition) is 5. The standard InChI is InChI=1S/C16H15FN4O3/c17-13-3-1-12(2-4-13)16(22)20-9-7-19(8-10-20)14-5-6-15(18-11-14)21(23)24/h1-6,11H,7-10H2. The van der Waals surface area contributed by atoms with Crippen molar-refractivity contribution < 1.29 is 14.1 Å². The zero-order valence-corrected chi connectivity index (χ0v) is 12.8. The Labute approximate surface area is 137 Å². The van der Waals surface area contributed by atoms with Crippen molar-refractivity contribution in [1.29, 1.82) is 0 Å². The third-order valence-electron chi connectivity index (χ3n) is 3.94. The van der Waals surface area contributed by atoms with Gasteiger partial charge in [0, 0.05) is 37.8 Å². The van der Waals surface area contributed by atoms with Crippen LogP contribution in [0.1, 0.15) is 10.4 Å². The number of anilines is 1. The number of nitro groups is 1. The van der Waals surface area contributed by atoms with Gasteiger partial charge in [0.1, 0.15) is 5.82 Å². The van der Waals surface area contributed by atoms with Gasteiger partial charge in [0.05, 0.1) is 5.69 Å². The number of halogens is 1. The van der Waals surface area contributed by atoms with E-state index in [1.807, 2.05) is 4.90 Å². The van der Waals surface area contributed by atoms with E-state index in [-0.39, 0.29) is 17.5 Å². The van der Waals surface area contributed by atoms with E-state index in [0.29, 0.717) is 31.7 Å². The summed E-state index contributed by atoms with van der Waals surface area (Å²) in [7, 11) is 0. The molecule has 1 aromatic heterocycles. The number of aromatic nitrogens is 1. The maximum absolute atomic E-state index is 12.9. The molecular formula is C16H15FN4O3. The van der Waals surface area contributed by atoms with E-state index in [4.69, 9.17) is 0 Å². The topological polar surface area (TPSA) is 79.6 Å². The Bertz CT molecular complexity index is 741. The zero-order chi connectivity index (χ0) is 17.1. The second kappa shape index (κ2) is 6.61. The van der Waals surface area contributed by atoms with E-state index >= 15 is 0 Å². The van der Waals surface area contributed by atoms with Gasteiger partial charge in [-0.25, -0.2) is 4.39 Å². The van der Waals surface area contributed by atoms with Gasteiger partial charge in [-0.15, -0.1) is 0 Å². The van der Waals surface area contributed by atoms with Crippen LogP contribution in [0.15, 0.2) is 42.6 Å². The summed E-state index contributed by atoms with van der Waals surface area (Å²) in [6.07, 6.45) is 1.47. The minimum absolute atomic E-state index is 0.128. The molecule has 0 bridgehead atoms. The summed E-state index contributed by atoms with van der Waals surface area (Å²) in [5, 5.41) is 10.6. The molecule has 2 aromatic rings. The monoisotopic (exact) mass is 330 g/mol. The molecule has 1 aliphatic heterocycles. The Hall–Kier alpha value is -3.03. The third kappa shape index (κ3) is 3.32. The van der Waals surface area contributed by atoms with Crippen molar-refractivity contribution in [1.82, 2.24) is 9.88 Å². The number of piperazine rings is 1. The lowest BCUT2D eigenvalue weighted by atomic mass is 10.1. The summed E-state index contributed by atoms with van der Waals surface area (Å²) in [4.78, 5) is 30.0. The lowest BCUT2D eigenvalue weighted by Gasteiger charge is -2.35. The molecule has 1 aliphatic rings. The highest BCUT2D eigenvalue weighted by Gasteiger charge is 2.23. The normalized spacial score (nSPS) is 14.5. The average Bonchev–Trinajstić information content (AvgIpc) is 2.62. The van der Waals surface area contributed by atoms with Crippen LogP contribution < -0.4 is 4.90 Å². The first-order valence-corrected chi connectivity index (χ1v) is 7.45. The van der Waals surface area contributed by atoms with Crippen molar-refractivity contribution in [2.45, 2.75) is 0 Å². The summed E-state index contributed by atoms with van der Waals surface area (Å²) in [5.41, 5.74) is 1.25. The van der Waals surface area contributed by atoms with Crippen molar-refractivity contribution in [2.24, 2.45) is 0 Å². The molecule has 1 amide bonds. The van der Waals surface area contributed by atoms with Gasteiger partial charge in [0.15, 0.2) is 6.20 Å². The van der Waals surface area contributed by atoms with Crippen LogP contribution in [-0.4, -0.2) is 46.9 Å². The fourth-order valence-corrected chi connectivity index (χ4v) is 2.62. The van der Waals surface area contributed by atoms with E-state index < -0.39 is 4.92 Å². The SMILES string of the molecule is O=C(c1ccc(F)cc1)N1CCN(c2ccc([N+](=O)[O-])nc2)CC1. The number of amides is 1. The Morgan fingerprint density at radius 2 is 1.75 bits per heavy atom. The number of pyridine rings is 1. The second-order valence-electron chi connectivity index (χ2n) is 5.42. The van der Waals surface area contributed by atoms with Crippen molar-refractivity contribution in [3.05, 3.63) is 64.1 Å². The summed E-state index contributed by atoms with van der Waals surface area (Å²) < 4.78 is 12.9. The van der Waals surface area contributed by atoms with Gasteiger partial charge in [-0.05, 0) is 40.2 Å². The molecule has 24 heavy (non-hydrogen) atoms. The van der Waals surface area contributed by atoms with Crippen molar-refractivity contribution in [2.75, 3.05) is 31.1 Å². The fourth-order valence-electron chi connectivity index (χ4n) is 2.62. The van der Waals surface area contributed by atoms with Gasteiger partial charge in [0.25, 0.3) is 5.91 Å². The molecule has 0 N–H and O–H groups in total. The number of benzene rings is 1. The number of carbonyl (C=O) groups excluding carboxylic acids is 1. The summed E-state index contributed by atoms with van der Waals surface area (Å²) in [6, 6.07) is 8.51. The molecule has 3 rings (SSSR count). The van der Waals surface area contributed by atoms with Crippen LogP contribution in [0.2, 0.25) is 0 Å². The lowest BCUT2D eigenvalue weighted by molar-refractivity contribution is -0.389. The molecule has 1 fully saturated rings. The summed E-state index contributed by atoms with van der Waals surface area (Å²) >= 11 is 0. The van der Waals surface area contributed by atoms with E-state index in [9.17, 15) is 19.3 Å². The van der Waals surface area contributed by atoms with Crippen molar-refractivity contribution in [3.8, 4) is 0 Å². The maximum Gasteiger partial charge on any atom is 0.363 e. The number of hydrogen-bond donors (Lipinski definition) is 0. The highest BCUT2D eigenvalue weighted by Crippen LogP contribution is 2.19. The first-order valence-electron chi connectivity index (χ1n) is 7.45. The van der Waals surface area contributed by atoms with Crippen molar-refractivity contribution >= 4 is 17.4 Å². The Kier molecular flexibility index (Phi) is 4.37. The van der Waals surface area contributed by atoms with Gasteiger partial charge in [-0.2, -0.15) is 0 Å². The van der Waals surface area contributed by atoms with E-state index in [2.05, 4.69) is 4.98 Å². The molecule has 2 heterocycles. The number of carbonyl (C=O) groups is 1. The largest absolute Gasteiger partial charge is 0.365 e. The molecular weight excluding hydrogens is 315 g/mol. The van der Waals surface area contributed by atoms with Crippen LogP contribution >= 0.6 is 0 Å². The summed E-state index contributed by atoms with van der Waals surface area (Å²) in [6.45, 7) is 2.25. The van der Waals surface area contributed by atoms with E-state index in [1.54, 1.807) is 11.0 Å². The molecule has 1 aromatic carbocycles. The minimum Gasteiger partial charge on any atom is -0.365 e. The predicted octanol–water partition coefficient (Wildman–Crippen LogP) is 2.09. The highest BCUT2D eigenvalue weighted by atomic mass is 19.1. The molecule has 0 radical (unpaired) electrons. The molecule has 0 unspecified atom stereocenters. The Balaban J connectivity index is 1.62. The smallest absolute Gasteiger partial charge is 0.363 e. The molecule has 0 atom stereocenters. The molecule has 124 valence electrons. The molecule has 0 spiro atoms. The predicted molar refractivity (Wildman–Crippen MR) is 85.4 cm³/mol. The first-order chi connectivity index (χ1) is 11.5. The van der Waals surface area contributed by atoms with Crippen LogP contribution in [0.5, 0.6) is 0 Å². The first kappa shape index (κ1) is 15.9. The van der Waals surface area contributed by atoms with Gasteiger partial charge in [0.2, 0.25) is 0 Å². The second-order valence-corrected chi connectivity index (χ2v) is 5.42. The van der Waals surface area contributed by atoms with Gasteiger partial charge >= 0.3 is 5.82 Å². The quantitative estimate of drug-likeness (QED) is 0.636. The van der Waals surface area contributed by atoms with Crippen LogP contribution in [0.4, 0.5) is 15.9 Å². The molecule has 1 saturated heterocycles. The van der Waals surface area contributed by atoms with Crippen LogP contribution in [0, 0.1) is 15.9 Å². The molecule has 7 nitrogen and oxygen atoms in total. The van der Waals surface area contributed by atoms with E-state index in [0.717, 1.165) is 5.69 Å². The average molecular weight is 330 g/mol. The van der Waals surface area contributed by atoms with Crippen LogP contribution in [-0.2, 0) is 0 Å². The highest BCUT2D eigenvalue weighted by molar-refractivity contribution is 5.94. The fraction of sp³-hybridized carbons (Fsp3) is 0.250. The summed E-state index contributed by atoms with van der Waals surface area (Å²) in [5.74, 6) is -0.692. The van der Waals surface area contributed by atoms with Crippen LogP contribution in [0.3, 0.4) is 0 Å². The Morgan fingerprint density at radius 3 is 2.29 bits per heavy atom. The zero-order valence-electron chi connectivity index (χ0n) is 12.8. The van der Waals surface area contributed by atoms with E-state index in [1.165, 1.54) is 36.5 Å².